The van der Waals surface area contributed by atoms with Crippen molar-refractivity contribution in [2.24, 2.45) is 0 Å². The van der Waals surface area contributed by atoms with E-state index in [-0.39, 0.29) is 22.3 Å². The summed E-state index contributed by atoms with van der Waals surface area (Å²) in [4.78, 5) is 37.1. The van der Waals surface area contributed by atoms with Gasteiger partial charge in [-0.2, -0.15) is 0 Å². The summed E-state index contributed by atoms with van der Waals surface area (Å²) in [6.45, 7) is 9.46. The van der Waals surface area contributed by atoms with Crippen molar-refractivity contribution in [3.05, 3.63) is 27.4 Å². The molecular formula is C21H34N4O3. The Labute approximate surface area is 167 Å². The topological polar surface area (TPSA) is 78.5 Å². The van der Waals surface area contributed by atoms with Crippen LogP contribution in [-0.2, 0) is 26.8 Å². The SMILES string of the molecule is COCCN(C)CC(=O)N1CCC2(CCc3c2nc(C(C)(C)C)[nH]c3=O)CC1. The van der Waals surface area contributed by atoms with Gasteiger partial charge in [-0.25, -0.2) is 4.98 Å². The van der Waals surface area contributed by atoms with Gasteiger partial charge in [0.2, 0.25) is 5.91 Å². The Kier molecular flexibility index (Phi) is 5.96. The van der Waals surface area contributed by atoms with Crippen molar-refractivity contribution in [2.75, 3.05) is 46.9 Å². The number of rotatable bonds is 5. The number of methoxy groups -OCH3 is 1. The summed E-state index contributed by atoms with van der Waals surface area (Å²) in [5.74, 6) is 0.928. The van der Waals surface area contributed by atoms with Gasteiger partial charge in [0.05, 0.1) is 18.8 Å². The molecule has 1 saturated heterocycles. The van der Waals surface area contributed by atoms with Crippen molar-refractivity contribution < 1.29 is 9.53 Å². The highest BCUT2D eigenvalue weighted by Gasteiger charge is 2.45. The van der Waals surface area contributed by atoms with Crippen molar-refractivity contribution >= 4 is 5.91 Å². The molecule has 1 aromatic rings. The number of nitrogens with one attached hydrogen (secondary N) is 1. The number of ether oxygens (including phenoxy) is 1. The minimum atomic E-state index is -0.193. The van der Waals surface area contributed by atoms with Crippen LogP contribution in [0, 0.1) is 0 Å². The van der Waals surface area contributed by atoms with Crippen molar-refractivity contribution in [2.45, 2.75) is 57.3 Å². The maximum absolute atomic E-state index is 12.6. The van der Waals surface area contributed by atoms with Gasteiger partial charge in [0, 0.05) is 43.1 Å². The minimum Gasteiger partial charge on any atom is -0.383 e. The van der Waals surface area contributed by atoms with Gasteiger partial charge in [0.1, 0.15) is 5.82 Å². The van der Waals surface area contributed by atoms with E-state index in [4.69, 9.17) is 9.72 Å². The Hall–Kier alpha value is -1.73. The first-order chi connectivity index (χ1) is 13.2. The van der Waals surface area contributed by atoms with Crippen LogP contribution < -0.4 is 5.56 Å². The van der Waals surface area contributed by atoms with Crippen LogP contribution in [0.2, 0.25) is 0 Å². The van der Waals surface area contributed by atoms with E-state index in [9.17, 15) is 9.59 Å². The fraction of sp³-hybridized carbons (Fsp3) is 0.762. The van der Waals surface area contributed by atoms with Crippen molar-refractivity contribution in [1.29, 1.82) is 0 Å². The molecule has 1 aliphatic carbocycles. The predicted molar refractivity (Wildman–Crippen MR) is 109 cm³/mol. The Morgan fingerprint density at radius 1 is 1.29 bits per heavy atom. The third-order valence-corrected chi connectivity index (χ3v) is 6.24. The van der Waals surface area contributed by atoms with Gasteiger partial charge < -0.3 is 14.6 Å². The first-order valence-corrected chi connectivity index (χ1v) is 10.3. The maximum atomic E-state index is 12.6. The Bertz CT molecular complexity index is 773. The molecule has 1 aromatic heterocycles. The molecule has 2 aliphatic rings. The second-order valence-electron chi connectivity index (χ2n) is 9.38. The summed E-state index contributed by atoms with van der Waals surface area (Å²) in [6.07, 6.45) is 3.51. The number of nitrogens with zero attached hydrogens (tertiary/aromatic N) is 3. The van der Waals surface area contributed by atoms with Crippen LogP contribution in [0.15, 0.2) is 4.79 Å². The van der Waals surface area contributed by atoms with Gasteiger partial charge in [-0.05, 0) is 32.7 Å². The number of piperidine rings is 1. The number of likely N-dealkylation sites (N-methyl/N-ethyl adjacent to an activating group) is 1. The number of carbonyl (C=O) groups is 1. The molecule has 7 nitrogen and oxygen atoms in total. The summed E-state index contributed by atoms with van der Waals surface area (Å²) in [5, 5.41) is 0. The van der Waals surface area contributed by atoms with E-state index in [1.807, 2.05) is 16.8 Å². The molecule has 28 heavy (non-hydrogen) atoms. The van der Waals surface area contributed by atoms with Gasteiger partial charge in [-0.15, -0.1) is 0 Å². The van der Waals surface area contributed by atoms with Crippen LogP contribution in [0.4, 0.5) is 0 Å². The summed E-state index contributed by atoms with van der Waals surface area (Å²) < 4.78 is 5.08. The normalized spacial score (nSPS) is 18.7. The maximum Gasteiger partial charge on any atom is 0.254 e. The number of aromatic amines is 1. The lowest BCUT2D eigenvalue weighted by Crippen LogP contribution is -2.48. The smallest absolute Gasteiger partial charge is 0.254 e. The van der Waals surface area contributed by atoms with E-state index >= 15 is 0 Å². The van der Waals surface area contributed by atoms with Crippen LogP contribution in [-0.4, -0.2) is 72.6 Å². The quantitative estimate of drug-likeness (QED) is 0.823. The monoisotopic (exact) mass is 390 g/mol. The first kappa shape index (κ1) is 21.0. The molecule has 3 rings (SSSR count). The molecule has 7 heteroatoms. The van der Waals surface area contributed by atoms with Gasteiger partial charge in [-0.3, -0.25) is 14.5 Å². The summed E-state index contributed by atoms with van der Waals surface area (Å²) in [5.41, 5.74) is 1.62. The highest BCUT2D eigenvalue weighted by Crippen LogP contribution is 2.44. The van der Waals surface area contributed by atoms with Gasteiger partial charge in [0.25, 0.3) is 5.56 Å². The third-order valence-electron chi connectivity index (χ3n) is 6.24. The minimum absolute atomic E-state index is 0.0186. The lowest BCUT2D eigenvalue weighted by atomic mass is 9.76. The average molecular weight is 391 g/mol. The third kappa shape index (κ3) is 4.15. The van der Waals surface area contributed by atoms with Crippen LogP contribution in [0.1, 0.15) is 57.1 Å². The molecule has 156 valence electrons. The van der Waals surface area contributed by atoms with E-state index in [1.165, 1.54) is 0 Å². The standard InChI is InChI=1S/C21H34N4O3/c1-20(2,3)19-22-17-15(18(27)23-19)6-7-21(17)8-10-25(11-9-21)16(26)14-24(4)12-13-28-5/h6-14H2,1-5H3,(H,22,23,27). The van der Waals surface area contributed by atoms with Crippen LogP contribution in [0.3, 0.4) is 0 Å². The van der Waals surface area contributed by atoms with E-state index in [0.29, 0.717) is 13.2 Å². The number of amides is 1. The number of likely N-dealkylation sites (tertiary alicyclic amines) is 1. The molecule has 0 saturated carbocycles. The molecule has 0 atom stereocenters. The average Bonchev–Trinajstić information content (AvgIpc) is 2.98. The van der Waals surface area contributed by atoms with E-state index in [1.54, 1.807) is 7.11 Å². The molecule has 1 fully saturated rings. The molecule has 1 spiro atoms. The number of carbonyl (C=O) groups excluding carboxylic acids is 1. The number of H-pyrrole nitrogens is 1. The van der Waals surface area contributed by atoms with Crippen LogP contribution in [0.25, 0.3) is 0 Å². The van der Waals surface area contributed by atoms with Gasteiger partial charge in [-0.1, -0.05) is 20.8 Å². The molecular weight excluding hydrogens is 356 g/mol. The fourth-order valence-corrected chi connectivity index (χ4v) is 4.33. The number of fused-ring (bicyclic) bond motifs is 2. The lowest BCUT2D eigenvalue weighted by molar-refractivity contribution is -0.133. The summed E-state index contributed by atoms with van der Waals surface area (Å²) in [6, 6.07) is 0. The van der Waals surface area contributed by atoms with E-state index in [0.717, 1.165) is 62.4 Å². The fourth-order valence-electron chi connectivity index (χ4n) is 4.33. The second kappa shape index (κ2) is 7.95. The highest BCUT2D eigenvalue weighted by molar-refractivity contribution is 5.78. The van der Waals surface area contributed by atoms with Crippen molar-refractivity contribution in [1.82, 2.24) is 19.8 Å². The van der Waals surface area contributed by atoms with Crippen LogP contribution >= 0.6 is 0 Å². The lowest BCUT2D eigenvalue weighted by Gasteiger charge is -2.40. The molecule has 0 aromatic carbocycles. The molecule has 1 amide bonds. The summed E-state index contributed by atoms with van der Waals surface area (Å²) in [7, 11) is 3.61. The molecule has 0 unspecified atom stereocenters. The highest BCUT2D eigenvalue weighted by atomic mass is 16.5. The molecule has 1 aliphatic heterocycles. The largest absolute Gasteiger partial charge is 0.383 e. The Morgan fingerprint density at radius 2 is 1.96 bits per heavy atom. The molecule has 0 radical (unpaired) electrons. The van der Waals surface area contributed by atoms with Gasteiger partial charge in [0.15, 0.2) is 0 Å². The number of aromatic nitrogens is 2. The number of hydrogen-bond acceptors (Lipinski definition) is 5. The number of hydrogen-bond donors (Lipinski definition) is 1. The van der Waals surface area contributed by atoms with Crippen LogP contribution in [0.5, 0.6) is 0 Å². The van der Waals surface area contributed by atoms with E-state index < -0.39 is 0 Å². The van der Waals surface area contributed by atoms with Crippen molar-refractivity contribution in [3.63, 3.8) is 0 Å². The molecule has 2 heterocycles. The first-order valence-electron chi connectivity index (χ1n) is 10.3. The second-order valence-corrected chi connectivity index (χ2v) is 9.38. The molecule has 0 bridgehead atoms. The Balaban J connectivity index is 1.71. The zero-order valence-electron chi connectivity index (χ0n) is 17.9. The Morgan fingerprint density at radius 3 is 2.57 bits per heavy atom. The van der Waals surface area contributed by atoms with Gasteiger partial charge >= 0.3 is 0 Å². The zero-order valence-corrected chi connectivity index (χ0v) is 17.9. The predicted octanol–water partition coefficient (Wildman–Crippen LogP) is 1.45. The zero-order chi connectivity index (χ0) is 20.5. The summed E-state index contributed by atoms with van der Waals surface area (Å²) >= 11 is 0. The molecule has 1 N–H and O–H groups in total. The van der Waals surface area contributed by atoms with E-state index in [2.05, 4.69) is 25.8 Å². The van der Waals surface area contributed by atoms with Crippen molar-refractivity contribution in [3.8, 4) is 0 Å².